The van der Waals surface area contributed by atoms with Gasteiger partial charge in [0, 0.05) is 31.2 Å². The van der Waals surface area contributed by atoms with Crippen molar-refractivity contribution in [3.05, 3.63) is 0 Å². The number of nitrogens with two attached hydrogens (primary N) is 1. The van der Waals surface area contributed by atoms with E-state index in [9.17, 15) is 4.79 Å². The molecule has 1 aliphatic carbocycles. The molecular weight excluding hydrogens is 238 g/mol. The highest BCUT2D eigenvalue weighted by Gasteiger charge is 2.43. The van der Waals surface area contributed by atoms with E-state index in [1.165, 1.54) is 0 Å². The maximum atomic E-state index is 12.5. The molecule has 0 aromatic carbocycles. The molecule has 1 saturated heterocycles. The van der Waals surface area contributed by atoms with E-state index in [1.54, 1.807) is 0 Å². The minimum absolute atomic E-state index is 0.0308. The molecule has 3 N–H and O–H groups in total. The molecule has 110 valence electrons. The Morgan fingerprint density at radius 2 is 1.95 bits per heavy atom. The molecule has 2 rings (SSSR count). The Kier molecular flexibility index (Phi) is 4.51. The third kappa shape index (κ3) is 3.11. The van der Waals surface area contributed by atoms with E-state index >= 15 is 0 Å². The van der Waals surface area contributed by atoms with Crippen LogP contribution in [0, 0.1) is 5.41 Å². The maximum Gasteiger partial charge on any atom is 0.227 e. The zero-order chi connectivity index (χ0) is 14.0. The summed E-state index contributed by atoms with van der Waals surface area (Å²) in [5.41, 5.74) is 5.77. The number of rotatable bonds is 3. The molecule has 19 heavy (non-hydrogen) atoms. The summed E-state index contributed by atoms with van der Waals surface area (Å²) in [7, 11) is 0. The third-order valence-corrected chi connectivity index (χ3v) is 5.14. The van der Waals surface area contributed by atoms with Gasteiger partial charge >= 0.3 is 0 Å². The molecule has 0 spiro atoms. The molecule has 1 heterocycles. The number of piperidine rings is 1. The molecular formula is C15H29N3O. The Morgan fingerprint density at radius 1 is 1.32 bits per heavy atom. The molecule has 2 atom stereocenters. The molecule has 1 amide bonds. The molecule has 2 aliphatic rings. The minimum atomic E-state index is -0.338. The van der Waals surface area contributed by atoms with Crippen LogP contribution in [0.4, 0.5) is 0 Å². The van der Waals surface area contributed by atoms with Gasteiger partial charge < -0.3 is 16.0 Å². The first-order chi connectivity index (χ1) is 8.93. The number of carbonyl (C=O) groups is 1. The first-order valence-corrected chi connectivity index (χ1v) is 7.74. The van der Waals surface area contributed by atoms with Crippen LogP contribution in [0.3, 0.4) is 0 Å². The Morgan fingerprint density at radius 3 is 2.42 bits per heavy atom. The van der Waals surface area contributed by atoms with Crippen LogP contribution < -0.4 is 11.1 Å². The maximum absolute atomic E-state index is 12.5. The first kappa shape index (κ1) is 14.8. The van der Waals surface area contributed by atoms with E-state index in [4.69, 9.17) is 5.73 Å². The monoisotopic (exact) mass is 267 g/mol. The van der Waals surface area contributed by atoms with Crippen LogP contribution in [-0.4, -0.2) is 42.0 Å². The summed E-state index contributed by atoms with van der Waals surface area (Å²) >= 11 is 0. The fourth-order valence-corrected chi connectivity index (χ4v) is 3.39. The van der Waals surface area contributed by atoms with Crippen molar-refractivity contribution in [3.63, 3.8) is 0 Å². The number of hydrogen-bond acceptors (Lipinski definition) is 3. The van der Waals surface area contributed by atoms with Crippen LogP contribution >= 0.6 is 0 Å². The van der Waals surface area contributed by atoms with Crippen molar-refractivity contribution in [2.75, 3.05) is 13.1 Å². The van der Waals surface area contributed by atoms with E-state index in [2.05, 4.69) is 24.1 Å². The highest BCUT2D eigenvalue weighted by atomic mass is 16.2. The van der Waals surface area contributed by atoms with Crippen LogP contribution in [0.15, 0.2) is 0 Å². The van der Waals surface area contributed by atoms with E-state index in [1.807, 2.05) is 6.92 Å². The lowest BCUT2D eigenvalue weighted by Crippen LogP contribution is -2.53. The number of nitrogens with zero attached hydrogens (tertiary/aromatic N) is 1. The van der Waals surface area contributed by atoms with E-state index in [0.717, 1.165) is 45.2 Å². The number of nitrogens with one attached hydrogen (secondary N) is 1. The van der Waals surface area contributed by atoms with E-state index in [-0.39, 0.29) is 17.4 Å². The average molecular weight is 267 g/mol. The van der Waals surface area contributed by atoms with Crippen molar-refractivity contribution in [1.29, 1.82) is 0 Å². The first-order valence-electron chi connectivity index (χ1n) is 7.74. The number of carbonyl (C=O) groups excluding carboxylic acids is 1. The van der Waals surface area contributed by atoms with Crippen LogP contribution in [0.5, 0.6) is 0 Å². The second-order valence-electron chi connectivity index (χ2n) is 6.79. The molecule has 0 radical (unpaired) electrons. The van der Waals surface area contributed by atoms with Crippen molar-refractivity contribution in [2.45, 2.75) is 71.0 Å². The third-order valence-electron chi connectivity index (χ3n) is 5.14. The van der Waals surface area contributed by atoms with E-state index < -0.39 is 0 Å². The molecule has 1 aliphatic heterocycles. The van der Waals surface area contributed by atoms with Crippen molar-refractivity contribution in [3.8, 4) is 0 Å². The zero-order valence-electron chi connectivity index (χ0n) is 12.6. The Balaban J connectivity index is 1.84. The molecule has 2 fully saturated rings. The van der Waals surface area contributed by atoms with Crippen LogP contribution in [0.2, 0.25) is 0 Å². The van der Waals surface area contributed by atoms with Crippen LogP contribution in [0.25, 0.3) is 0 Å². The van der Waals surface area contributed by atoms with Gasteiger partial charge in [0.2, 0.25) is 5.91 Å². The summed E-state index contributed by atoms with van der Waals surface area (Å²) < 4.78 is 0. The fraction of sp³-hybridized carbons (Fsp3) is 0.933. The van der Waals surface area contributed by atoms with Gasteiger partial charge in [0.1, 0.15) is 0 Å². The SMILES string of the molecule is CC(C)N1CCC(NC(=O)C2(C)CCCC2N)CC1. The number of likely N-dealkylation sites (tertiary alicyclic amines) is 1. The van der Waals surface area contributed by atoms with Gasteiger partial charge in [-0.2, -0.15) is 0 Å². The van der Waals surface area contributed by atoms with Crippen molar-refractivity contribution >= 4 is 5.91 Å². The van der Waals surface area contributed by atoms with Gasteiger partial charge in [-0.1, -0.05) is 6.42 Å². The molecule has 1 saturated carbocycles. The molecule has 0 aromatic rings. The predicted molar refractivity (Wildman–Crippen MR) is 77.8 cm³/mol. The van der Waals surface area contributed by atoms with Crippen LogP contribution in [-0.2, 0) is 4.79 Å². The van der Waals surface area contributed by atoms with Crippen molar-refractivity contribution in [1.82, 2.24) is 10.2 Å². The second-order valence-corrected chi connectivity index (χ2v) is 6.79. The fourth-order valence-electron chi connectivity index (χ4n) is 3.39. The normalized spacial score (nSPS) is 33.8. The lowest BCUT2D eigenvalue weighted by atomic mass is 9.83. The summed E-state index contributed by atoms with van der Waals surface area (Å²) in [6, 6.07) is 0.979. The quantitative estimate of drug-likeness (QED) is 0.814. The lowest BCUT2D eigenvalue weighted by molar-refractivity contribution is -0.131. The highest BCUT2D eigenvalue weighted by molar-refractivity contribution is 5.83. The number of amides is 1. The van der Waals surface area contributed by atoms with E-state index in [0.29, 0.717) is 12.1 Å². The minimum Gasteiger partial charge on any atom is -0.353 e. The standard InChI is InChI=1S/C15H29N3O/c1-11(2)18-9-6-12(7-10-18)17-14(19)15(3)8-4-5-13(15)16/h11-13H,4-10,16H2,1-3H3,(H,17,19). The predicted octanol–water partition coefficient (Wildman–Crippen LogP) is 1.49. The lowest BCUT2D eigenvalue weighted by Gasteiger charge is -2.37. The Hall–Kier alpha value is -0.610. The number of hydrogen-bond donors (Lipinski definition) is 2. The zero-order valence-corrected chi connectivity index (χ0v) is 12.6. The summed E-state index contributed by atoms with van der Waals surface area (Å²) in [4.78, 5) is 14.9. The summed E-state index contributed by atoms with van der Waals surface area (Å²) in [5, 5.41) is 3.25. The van der Waals surface area contributed by atoms with Gasteiger partial charge in [0.25, 0.3) is 0 Å². The molecule has 0 aromatic heterocycles. The van der Waals surface area contributed by atoms with Gasteiger partial charge in [-0.05, 0) is 46.5 Å². The van der Waals surface area contributed by atoms with Gasteiger partial charge in [0.05, 0.1) is 5.41 Å². The summed E-state index contributed by atoms with van der Waals surface area (Å²) in [5.74, 6) is 0.181. The van der Waals surface area contributed by atoms with Gasteiger partial charge in [-0.25, -0.2) is 0 Å². The average Bonchev–Trinajstić information content (AvgIpc) is 2.71. The van der Waals surface area contributed by atoms with Gasteiger partial charge in [-0.3, -0.25) is 4.79 Å². The van der Waals surface area contributed by atoms with Crippen molar-refractivity contribution < 1.29 is 4.79 Å². The van der Waals surface area contributed by atoms with Crippen LogP contribution in [0.1, 0.15) is 52.9 Å². The van der Waals surface area contributed by atoms with Gasteiger partial charge in [0.15, 0.2) is 0 Å². The highest BCUT2D eigenvalue weighted by Crippen LogP contribution is 2.37. The largest absolute Gasteiger partial charge is 0.353 e. The molecule has 4 heteroatoms. The van der Waals surface area contributed by atoms with Gasteiger partial charge in [-0.15, -0.1) is 0 Å². The molecule has 4 nitrogen and oxygen atoms in total. The Bertz CT molecular complexity index is 323. The second kappa shape index (κ2) is 5.80. The van der Waals surface area contributed by atoms with Crippen molar-refractivity contribution in [2.24, 2.45) is 11.1 Å². The summed E-state index contributed by atoms with van der Waals surface area (Å²) in [6.07, 6.45) is 5.13. The topological polar surface area (TPSA) is 58.4 Å². The smallest absolute Gasteiger partial charge is 0.227 e. The summed E-state index contributed by atoms with van der Waals surface area (Å²) in [6.45, 7) is 8.68. The molecule has 0 bridgehead atoms. The Labute approximate surface area is 117 Å². The molecule has 2 unspecified atom stereocenters.